The van der Waals surface area contributed by atoms with E-state index in [-0.39, 0.29) is 11.8 Å². The zero-order valence-electron chi connectivity index (χ0n) is 17.4. The molecule has 0 atom stereocenters. The highest BCUT2D eigenvalue weighted by molar-refractivity contribution is 5.89. The number of hydrogen-bond acceptors (Lipinski definition) is 3. The Balaban J connectivity index is 1.35. The normalized spacial score (nSPS) is 14.8. The Kier molecular flexibility index (Phi) is 4.94. The number of amides is 2. The number of hydrogen-bond donors (Lipinski definition) is 1. The molecule has 2 amide bonds. The van der Waals surface area contributed by atoms with Gasteiger partial charge in [0.2, 0.25) is 0 Å². The summed E-state index contributed by atoms with van der Waals surface area (Å²) in [4.78, 5) is 21.7. The number of carbonyl (C=O) groups excluding carboxylic acids is 1. The second kappa shape index (κ2) is 7.91. The summed E-state index contributed by atoms with van der Waals surface area (Å²) in [5.74, 6) is 0.616. The van der Waals surface area contributed by atoms with E-state index in [9.17, 15) is 9.18 Å². The summed E-state index contributed by atoms with van der Waals surface area (Å²) in [7, 11) is 0. The summed E-state index contributed by atoms with van der Waals surface area (Å²) >= 11 is 0. The fraction of sp³-hybridized carbons (Fsp3) is 0.250. The molecular formula is C24H24FN5O. The molecule has 0 bridgehead atoms. The number of aromatic nitrogens is 2. The topological polar surface area (TPSA) is 52.9 Å². The third-order valence-electron chi connectivity index (χ3n) is 5.85. The first-order valence-electron chi connectivity index (χ1n) is 10.5. The molecule has 0 saturated carbocycles. The van der Waals surface area contributed by atoms with Crippen LogP contribution in [0.5, 0.6) is 0 Å². The quantitative estimate of drug-likeness (QED) is 0.515. The number of nitrogens with one attached hydrogen (secondary N) is 1. The number of benzene rings is 2. The van der Waals surface area contributed by atoms with Gasteiger partial charge < -0.3 is 19.5 Å². The standard InChI is InChI=1S/C24H24FN5O/c1-17-9-10-18(16-19(17)25)26-24(31)29-12-5-11-28(14-15-29)23-22-8-4-13-30(22)21-7-3-2-6-20(21)27-23/h2-4,6-10,13,16H,5,11-12,14-15H2,1H3,(H,26,31). The second-order valence-electron chi connectivity index (χ2n) is 7.91. The van der Waals surface area contributed by atoms with Crippen molar-refractivity contribution in [1.82, 2.24) is 14.3 Å². The molecule has 1 aliphatic heterocycles. The fourth-order valence-corrected chi connectivity index (χ4v) is 4.15. The Bertz CT molecular complexity index is 1270. The number of anilines is 2. The number of fused-ring (bicyclic) bond motifs is 3. The van der Waals surface area contributed by atoms with Crippen LogP contribution in [0, 0.1) is 12.7 Å². The van der Waals surface area contributed by atoms with Crippen LogP contribution < -0.4 is 10.2 Å². The predicted octanol–water partition coefficient (Wildman–Crippen LogP) is 4.68. The minimum absolute atomic E-state index is 0.204. The highest BCUT2D eigenvalue weighted by Gasteiger charge is 2.22. The van der Waals surface area contributed by atoms with Crippen molar-refractivity contribution in [3.8, 4) is 0 Å². The van der Waals surface area contributed by atoms with Gasteiger partial charge in [-0.15, -0.1) is 0 Å². The van der Waals surface area contributed by atoms with Crippen LogP contribution in [0.1, 0.15) is 12.0 Å². The number of para-hydroxylation sites is 2. The highest BCUT2D eigenvalue weighted by Crippen LogP contribution is 2.26. The van der Waals surface area contributed by atoms with Gasteiger partial charge in [-0.05, 0) is 55.3 Å². The van der Waals surface area contributed by atoms with Crippen molar-refractivity contribution >= 4 is 34.1 Å². The van der Waals surface area contributed by atoms with E-state index < -0.39 is 0 Å². The van der Waals surface area contributed by atoms with Crippen LogP contribution in [0.25, 0.3) is 16.6 Å². The zero-order valence-corrected chi connectivity index (χ0v) is 17.4. The van der Waals surface area contributed by atoms with Crippen molar-refractivity contribution in [3.63, 3.8) is 0 Å². The Labute approximate surface area is 179 Å². The average Bonchev–Trinajstić information content (AvgIpc) is 3.14. The van der Waals surface area contributed by atoms with Crippen molar-refractivity contribution in [1.29, 1.82) is 0 Å². The van der Waals surface area contributed by atoms with Crippen molar-refractivity contribution in [2.45, 2.75) is 13.3 Å². The largest absolute Gasteiger partial charge is 0.353 e. The molecule has 6 nitrogen and oxygen atoms in total. The monoisotopic (exact) mass is 417 g/mol. The third kappa shape index (κ3) is 3.67. The molecule has 1 fully saturated rings. The lowest BCUT2D eigenvalue weighted by Gasteiger charge is -2.24. The molecule has 4 aromatic rings. The lowest BCUT2D eigenvalue weighted by atomic mass is 10.2. The summed E-state index contributed by atoms with van der Waals surface area (Å²) < 4.78 is 16.0. The first-order valence-corrected chi connectivity index (χ1v) is 10.5. The molecule has 31 heavy (non-hydrogen) atoms. The van der Waals surface area contributed by atoms with Gasteiger partial charge in [0.1, 0.15) is 5.82 Å². The lowest BCUT2D eigenvalue weighted by molar-refractivity contribution is 0.215. The third-order valence-corrected chi connectivity index (χ3v) is 5.85. The molecule has 0 spiro atoms. The van der Waals surface area contributed by atoms with Crippen LogP contribution in [0.15, 0.2) is 60.8 Å². The van der Waals surface area contributed by atoms with E-state index in [0.717, 1.165) is 35.3 Å². The van der Waals surface area contributed by atoms with Gasteiger partial charge in [0, 0.05) is 38.1 Å². The Morgan fingerprint density at radius 1 is 1.00 bits per heavy atom. The smallest absolute Gasteiger partial charge is 0.321 e. The number of halogens is 1. The highest BCUT2D eigenvalue weighted by atomic mass is 19.1. The lowest BCUT2D eigenvalue weighted by Crippen LogP contribution is -2.38. The summed E-state index contributed by atoms with van der Waals surface area (Å²) in [5.41, 5.74) is 4.11. The van der Waals surface area contributed by atoms with E-state index in [1.54, 1.807) is 24.0 Å². The van der Waals surface area contributed by atoms with Crippen LogP contribution in [0.3, 0.4) is 0 Å². The molecule has 5 rings (SSSR count). The first kappa shape index (κ1) is 19.4. The summed E-state index contributed by atoms with van der Waals surface area (Å²) in [6, 6.07) is 16.8. The molecule has 0 unspecified atom stereocenters. The first-order chi connectivity index (χ1) is 15.1. The minimum atomic E-state index is -0.321. The minimum Gasteiger partial charge on any atom is -0.353 e. The molecule has 1 aliphatic rings. The van der Waals surface area contributed by atoms with Crippen LogP contribution in [0.2, 0.25) is 0 Å². The van der Waals surface area contributed by atoms with E-state index in [0.29, 0.717) is 30.9 Å². The maximum atomic E-state index is 13.8. The Morgan fingerprint density at radius 2 is 1.84 bits per heavy atom. The van der Waals surface area contributed by atoms with Gasteiger partial charge >= 0.3 is 6.03 Å². The summed E-state index contributed by atoms with van der Waals surface area (Å²) in [6.45, 7) is 4.41. The summed E-state index contributed by atoms with van der Waals surface area (Å²) in [5, 5.41) is 2.82. The maximum absolute atomic E-state index is 13.8. The van der Waals surface area contributed by atoms with Gasteiger partial charge in [-0.1, -0.05) is 18.2 Å². The molecule has 0 radical (unpaired) electrons. The van der Waals surface area contributed by atoms with Crippen LogP contribution >= 0.6 is 0 Å². The number of nitrogens with zero attached hydrogens (tertiary/aromatic N) is 4. The molecule has 1 saturated heterocycles. The molecule has 0 aliphatic carbocycles. The van der Waals surface area contributed by atoms with E-state index in [1.165, 1.54) is 6.07 Å². The SMILES string of the molecule is Cc1ccc(NC(=O)N2CCCN(c3nc4ccccc4n4cccc34)CC2)cc1F. The van der Waals surface area contributed by atoms with Gasteiger partial charge in [0.25, 0.3) is 0 Å². The maximum Gasteiger partial charge on any atom is 0.321 e. The molecule has 7 heteroatoms. The van der Waals surface area contributed by atoms with Gasteiger partial charge in [0.15, 0.2) is 5.82 Å². The van der Waals surface area contributed by atoms with Crippen LogP contribution in [-0.2, 0) is 0 Å². The van der Waals surface area contributed by atoms with Crippen LogP contribution in [0.4, 0.5) is 20.7 Å². The molecule has 2 aromatic carbocycles. The molecule has 1 N–H and O–H groups in total. The Morgan fingerprint density at radius 3 is 2.71 bits per heavy atom. The van der Waals surface area contributed by atoms with Gasteiger partial charge in [-0.25, -0.2) is 14.2 Å². The van der Waals surface area contributed by atoms with E-state index in [2.05, 4.69) is 32.9 Å². The van der Waals surface area contributed by atoms with Gasteiger partial charge in [-0.3, -0.25) is 0 Å². The molecule has 3 heterocycles. The van der Waals surface area contributed by atoms with Gasteiger partial charge in [-0.2, -0.15) is 0 Å². The zero-order chi connectivity index (χ0) is 21.4. The number of carbonyl (C=O) groups is 1. The Hall–Kier alpha value is -3.61. The fourth-order valence-electron chi connectivity index (χ4n) is 4.15. The number of urea groups is 1. The summed E-state index contributed by atoms with van der Waals surface area (Å²) in [6.07, 6.45) is 2.89. The van der Waals surface area contributed by atoms with Gasteiger partial charge in [0.05, 0.1) is 16.6 Å². The van der Waals surface area contributed by atoms with Crippen LogP contribution in [-0.4, -0.2) is 46.5 Å². The molecule has 2 aromatic heterocycles. The number of rotatable bonds is 2. The average molecular weight is 417 g/mol. The van der Waals surface area contributed by atoms with Crippen molar-refractivity contribution < 1.29 is 9.18 Å². The van der Waals surface area contributed by atoms with Crippen molar-refractivity contribution in [2.75, 3.05) is 36.4 Å². The van der Waals surface area contributed by atoms with E-state index in [1.807, 2.05) is 24.3 Å². The van der Waals surface area contributed by atoms with Crippen molar-refractivity contribution in [3.05, 3.63) is 72.2 Å². The van der Waals surface area contributed by atoms with Crippen molar-refractivity contribution in [2.24, 2.45) is 0 Å². The number of aryl methyl sites for hydroxylation is 1. The molecule has 158 valence electrons. The predicted molar refractivity (Wildman–Crippen MR) is 121 cm³/mol. The molecular weight excluding hydrogens is 393 g/mol. The van der Waals surface area contributed by atoms with E-state index in [4.69, 9.17) is 4.98 Å². The second-order valence-corrected chi connectivity index (χ2v) is 7.91. The van der Waals surface area contributed by atoms with E-state index >= 15 is 0 Å².